The molecule has 1 aliphatic rings. The minimum Gasteiger partial charge on any atom is -0.456 e. The molecule has 282 valence electrons. The van der Waals surface area contributed by atoms with Gasteiger partial charge in [-0.25, -0.2) is 0 Å². The van der Waals surface area contributed by atoms with Gasteiger partial charge in [-0.05, 0) is 123 Å². The zero-order valence-electron chi connectivity index (χ0n) is 33.3. The molecule has 3 nitrogen and oxygen atoms in total. The van der Waals surface area contributed by atoms with Crippen molar-refractivity contribution in [3.63, 3.8) is 0 Å². The van der Waals surface area contributed by atoms with Gasteiger partial charge in [-0.2, -0.15) is 0 Å². The highest BCUT2D eigenvalue weighted by atomic mass is 16.3. The van der Waals surface area contributed by atoms with Gasteiger partial charge >= 0.3 is 0 Å². The molecule has 0 amide bonds. The molecule has 0 atom stereocenters. The van der Waals surface area contributed by atoms with Crippen LogP contribution in [0.25, 0.3) is 110 Å². The first-order valence-electron chi connectivity index (χ1n) is 20.8. The first-order chi connectivity index (χ1) is 29.5. The highest BCUT2D eigenvalue weighted by molar-refractivity contribution is 6.13. The topological polar surface area (TPSA) is 23.0 Å². The molecule has 0 N–H and O–H groups in total. The average molecular weight is 767 g/mol. The fourth-order valence-corrected chi connectivity index (χ4v) is 10.4. The molecule has 0 bridgehead atoms. The van der Waals surface area contributed by atoms with E-state index in [0.29, 0.717) is 0 Å². The molecule has 0 fully saturated rings. The Balaban J connectivity index is 0.924. The Bertz CT molecular complexity index is 3760. The van der Waals surface area contributed by atoms with E-state index in [1.807, 2.05) is 12.1 Å². The van der Waals surface area contributed by atoms with Crippen LogP contribution in [0.1, 0.15) is 25.0 Å². The molecule has 1 aliphatic carbocycles. The molecule has 0 unspecified atom stereocenters. The summed E-state index contributed by atoms with van der Waals surface area (Å²) >= 11 is 0. The maximum absolute atomic E-state index is 6.27. The molecule has 3 heterocycles. The lowest BCUT2D eigenvalue weighted by molar-refractivity contribution is 0.660. The van der Waals surface area contributed by atoms with E-state index in [1.165, 1.54) is 82.7 Å². The van der Waals surface area contributed by atoms with Crippen molar-refractivity contribution in [3.8, 4) is 44.8 Å². The van der Waals surface area contributed by atoms with Crippen molar-refractivity contribution in [2.75, 3.05) is 0 Å². The number of aromatic nitrogens is 2. The molecule has 0 radical (unpaired) electrons. The summed E-state index contributed by atoms with van der Waals surface area (Å²) in [5.74, 6) is 0. The van der Waals surface area contributed by atoms with Gasteiger partial charge in [0.15, 0.2) is 0 Å². The molecule has 13 rings (SSSR count). The van der Waals surface area contributed by atoms with Crippen LogP contribution in [0, 0.1) is 0 Å². The second-order valence-corrected chi connectivity index (χ2v) is 16.9. The SMILES string of the molecule is CC1(C)c2ccccc2-c2ccc(-n3c4ccccc4c4cc(-c5ccc6c(c5)c5ccccc5n6-c5cccc(-c6ccc7c(c6)oc6ccccc67)c5)ccc43)cc21. The third-order valence-corrected chi connectivity index (χ3v) is 13.3. The minimum atomic E-state index is -0.0659. The van der Waals surface area contributed by atoms with Gasteiger partial charge in [-0.15, -0.1) is 0 Å². The summed E-state index contributed by atoms with van der Waals surface area (Å²) in [6.45, 7) is 4.71. The van der Waals surface area contributed by atoms with E-state index in [4.69, 9.17) is 4.42 Å². The third kappa shape index (κ3) is 4.66. The highest BCUT2D eigenvalue weighted by Gasteiger charge is 2.35. The summed E-state index contributed by atoms with van der Waals surface area (Å²) in [4.78, 5) is 0. The highest BCUT2D eigenvalue weighted by Crippen LogP contribution is 2.49. The van der Waals surface area contributed by atoms with Gasteiger partial charge in [0, 0.05) is 49.1 Å². The quantitative estimate of drug-likeness (QED) is 0.175. The van der Waals surface area contributed by atoms with Gasteiger partial charge in [0.25, 0.3) is 0 Å². The van der Waals surface area contributed by atoms with Crippen molar-refractivity contribution in [2.24, 2.45) is 0 Å². The van der Waals surface area contributed by atoms with Crippen LogP contribution < -0.4 is 0 Å². The number of benzene rings is 9. The lowest BCUT2D eigenvalue weighted by Crippen LogP contribution is -2.15. The van der Waals surface area contributed by atoms with E-state index in [9.17, 15) is 0 Å². The van der Waals surface area contributed by atoms with Crippen molar-refractivity contribution >= 4 is 65.6 Å². The van der Waals surface area contributed by atoms with E-state index < -0.39 is 0 Å². The van der Waals surface area contributed by atoms with Gasteiger partial charge in [-0.3, -0.25) is 0 Å². The maximum atomic E-state index is 6.27. The summed E-state index contributed by atoms with van der Waals surface area (Å²) in [7, 11) is 0. The van der Waals surface area contributed by atoms with E-state index in [1.54, 1.807) is 0 Å². The normalized spacial score (nSPS) is 13.3. The number of nitrogens with zero attached hydrogens (tertiary/aromatic N) is 2. The molecule has 3 heteroatoms. The largest absolute Gasteiger partial charge is 0.456 e. The second kappa shape index (κ2) is 12.2. The number of furan rings is 1. The van der Waals surface area contributed by atoms with Gasteiger partial charge in [0.1, 0.15) is 11.2 Å². The van der Waals surface area contributed by atoms with Crippen molar-refractivity contribution < 1.29 is 4.42 Å². The molecule has 12 aromatic rings. The molecular weight excluding hydrogens is 729 g/mol. The molecule has 0 saturated heterocycles. The Labute approximate surface area is 347 Å². The maximum Gasteiger partial charge on any atom is 0.136 e. The second-order valence-electron chi connectivity index (χ2n) is 16.9. The molecule has 3 aromatic heterocycles. The van der Waals surface area contributed by atoms with Crippen molar-refractivity contribution in [1.82, 2.24) is 9.13 Å². The summed E-state index contributed by atoms with van der Waals surface area (Å²) < 4.78 is 11.1. The predicted octanol–water partition coefficient (Wildman–Crippen LogP) is 15.4. The standard InChI is InChI=1S/C57H38N2O/c1-57(2)49-18-7-3-14-41(49)42-27-25-40(34-50(42)57)59-52-20-9-5-16-44(52)48-32-37(24-29-54(48)59)36-23-28-53-47(31-36)43-15-4-8-19-51(43)58(53)39-13-11-12-35(30-39)38-22-26-46-45-17-6-10-21-55(45)60-56(46)33-38/h3-34H,1-2H3. The first-order valence-corrected chi connectivity index (χ1v) is 20.8. The van der Waals surface area contributed by atoms with E-state index >= 15 is 0 Å². The molecule has 9 aromatic carbocycles. The monoisotopic (exact) mass is 766 g/mol. The van der Waals surface area contributed by atoms with Crippen LogP contribution in [0.15, 0.2) is 199 Å². The van der Waals surface area contributed by atoms with E-state index in [2.05, 4.69) is 205 Å². The Morgan fingerprint density at radius 3 is 1.60 bits per heavy atom. The first kappa shape index (κ1) is 33.4. The molecule has 0 spiro atoms. The summed E-state index contributed by atoms with van der Waals surface area (Å²) in [6.07, 6.45) is 0. The fourth-order valence-electron chi connectivity index (χ4n) is 10.4. The summed E-state index contributed by atoms with van der Waals surface area (Å²) in [6, 6.07) is 71.2. The Morgan fingerprint density at radius 1 is 0.333 bits per heavy atom. The van der Waals surface area contributed by atoms with Crippen LogP contribution in [0.4, 0.5) is 0 Å². The van der Waals surface area contributed by atoms with Gasteiger partial charge in [0.05, 0.1) is 22.1 Å². The smallest absolute Gasteiger partial charge is 0.136 e. The average Bonchev–Trinajstić information content (AvgIpc) is 4.01. The fraction of sp³-hybridized carbons (Fsp3) is 0.0526. The van der Waals surface area contributed by atoms with Crippen LogP contribution in [0.3, 0.4) is 0 Å². The van der Waals surface area contributed by atoms with Gasteiger partial charge in [0.2, 0.25) is 0 Å². The predicted molar refractivity (Wildman–Crippen MR) is 251 cm³/mol. The number of hydrogen-bond donors (Lipinski definition) is 0. The number of fused-ring (bicyclic) bond motifs is 12. The lowest BCUT2D eigenvalue weighted by Gasteiger charge is -2.22. The zero-order chi connectivity index (χ0) is 39.7. The molecule has 0 saturated carbocycles. The third-order valence-electron chi connectivity index (χ3n) is 13.3. The van der Waals surface area contributed by atoms with Crippen LogP contribution in [-0.4, -0.2) is 9.13 Å². The van der Waals surface area contributed by atoms with Gasteiger partial charge in [-0.1, -0.05) is 129 Å². The number of hydrogen-bond acceptors (Lipinski definition) is 1. The minimum absolute atomic E-state index is 0.0659. The van der Waals surface area contributed by atoms with E-state index in [-0.39, 0.29) is 5.41 Å². The number of para-hydroxylation sites is 3. The summed E-state index contributed by atoms with van der Waals surface area (Å²) in [5.41, 5.74) is 19.1. The molecule has 60 heavy (non-hydrogen) atoms. The van der Waals surface area contributed by atoms with Crippen molar-refractivity contribution in [2.45, 2.75) is 19.3 Å². The van der Waals surface area contributed by atoms with Crippen LogP contribution in [0.5, 0.6) is 0 Å². The van der Waals surface area contributed by atoms with Gasteiger partial charge < -0.3 is 13.6 Å². The molecular formula is C57H38N2O. The van der Waals surface area contributed by atoms with Crippen molar-refractivity contribution in [3.05, 3.63) is 205 Å². The summed E-state index contributed by atoms with van der Waals surface area (Å²) in [5, 5.41) is 7.28. The zero-order valence-corrected chi connectivity index (χ0v) is 33.3. The number of rotatable bonds is 4. The van der Waals surface area contributed by atoms with E-state index in [0.717, 1.165) is 38.8 Å². The lowest BCUT2D eigenvalue weighted by atomic mass is 9.82. The molecule has 0 aliphatic heterocycles. The Kier molecular flexibility index (Phi) is 6.78. The Morgan fingerprint density at radius 2 is 0.867 bits per heavy atom. The van der Waals surface area contributed by atoms with Crippen molar-refractivity contribution in [1.29, 1.82) is 0 Å². The van der Waals surface area contributed by atoms with Crippen LogP contribution >= 0.6 is 0 Å². The van der Waals surface area contributed by atoms with Crippen LogP contribution in [-0.2, 0) is 5.41 Å². The van der Waals surface area contributed by atoms with Crippen LogP contribution in [0.2, 0.25) is 0 Å². The Hall–Kier alpha value is -7.62.